The molecule has 32 heavy (non-hydrogen) atoms. The number of hydrogen-bond donors (Lipinski definition) is 1. The molecular formula is C24H24N6OS. The van der Waals surface area contributed by atoms with E-state index in [9.17, 15) is 5.11 Å². The van der Waals surface area contributed by atoms with Gasteiger partial charge in [-0.1, -0.05) is 24.3 Å². The third-order valence-corrected chi connectivity index (χ3v) is 6.05. The van der Waals surface area contributed by atoms with Crippen molar-refractivity contribution in [2.75, 3.05) is 31.1 Å². The van der Waals surface area contributed by atoms with Crippen LogP contribution >= 0.6 is 12.2 Å². The van der Waals surface area contributed by atoms with Gasteiger partial charge in [0.25, 0.3) is 0 Å². The van der Waals surface area contributed by atoms with Crippen LogP contribution in [0.3, 0.4) is 0 Å². The zero-order valence-corrected chi connectivity index (χ0v) is 18.4. The number of anilines is 1. The molecule has 1 saturated heterocycles. The van der Waals surface area contributed by atoms with Crippen molar-refractivity contribution < 1.29 is 5.11 Å². The summed E-state index contributed by atoms with van der Waals surface area (Å²) in [6.45, 7) is 4.26. The predicted octanol–water partition coefficient (Wildman–Crippen LogP) is 3.95. The average Bonchev–Trinajstić information content (AvgIpc) is 3.17. The molecule has 2 aromatic carbocycles. The molecule has 1 aliphatic heterocycles. The minimum Gasteiger partial charge on any atom is -0.508 e. The molecule has 2 aromatic heterocycles. The number of piperazine rings is 1. The second-order valence-electron chi connectivity index (χ2n) is 7.76. The maximum atomic E-state index is 9.70. The van der Waals surface area contributed by atoms with Gasteiger partial charge in [-0.2, -0.15) is 0 Å². The van der Waals surface area contributed by atoms with Gasteiger partial charge < -0.3 is 10.0 Å². The Morgan fingerprint density at radius 3 is 2.25 bits per heavy atom. The maximum Gasteiger partial charge on any atom is 0.204 e. The molecule has 0 unspecified atom stereocenters. The van der Waals surface area contributed by atoms with Crippen LogP contribution in [0.5, 0.6) is 5.75 Å². The van der Waals surface area contributed by atoms with Crippen molar-refractivity contribution in [1.82, 2.24) is 24.2 Å². The number of aromatic nitrogens is 4. The number of phenolic OH excluding ortho intramolecular Hbond substituents is 1. The third-order valence-electron chi connectivity index (χ3n) is 5.66. The second-order valence-corrected chi connectivity index (χ2v) is 8.12. The summed E-state index contributed by atoms with van der Waals surface area (Å²) in [5.74, 6) is 2.00. The lowest BCUT2D eigenvalue weighted by atomic mass is 10.2. The third kappa shape index (κ3) is 4.15. The van der Waals surface area contributed by atoms with E-state index in [-0.39, 0.29) is 5.75 Å². The highest BCUT2D eigenvalue weighted by Gasteiger charge is 2.21. The lowest BCUT2D eigenvalue weighted by molar-refractivity contribution is 0.194. The van der Waals surface area contributed by atoms with Gasteiger partial charge in [0.15, 0.2) is 5.82 Å². The van der Waals surface area contributed by atoms with Crippen LogP contribution < -0.4 is 4.90 Å². The van der Waals surface area contributed by atoms with Crippen LogP contribution in [0.2, 0.25) is 0 Å². The second kappa shape index (κ2) is 8.94. The zero-order valence-electron chi connectivity index (χ0n) is 17.6. The highest BCUT2D eigenvalue weighted by molar-refractivity contribution is 7.71. The zero-order chi connectivity index (χ0) is 21.9. The van der Waals surface area contributed by atoms with Crippen LogP contribution in [-0.2, 0) is 6.67 Å². The lowest BCUT2D eigenvalue weighted by Crippen LogP contribution is -2.47. The summed E-state index contributed by atoms with van der Waals surface area (Å²) in [5, 5.41) is 14.6. The molecule has 0 saturated carbocycles. The van der Waals surface area contributed by atoms with Crippen molar-refractivity contribution in [2.24, 2.45) is 0 Å². The Morgan fingerprint density at radius 1 is 0.844 bits per heavy atom. The number of nitrogens with zero attached hydrogens (tertiary/aromatic N) is 6. The molecular weight excluding hydrogens is 420 g/mol. The van der Waals surface area contributed by atoms with Gasteiger partial charge in [-0.15, -0.1) is 5.10 Å². The number of para-hydroxylation sites is 1. The van der Waals surface area contributed by atoms with Crippen LogP contribution in [0, 0.1) is 4.77 Å². The van der Waals surface area contributed by atoms with Gasteiger partial charge in [-0.3, -0.25) is 9.47 Å². The normalized spacial score (nSPS) is 14.6. The highest BCUT2D eigenvalue weighted by Crippen LogP contribution is 2.25. The van der Waals surface area contributed by atoms with E-state index in [1.807, 2.05) is 70.0 Å². The van der Waals surface area contributed by atoms with Crippen LogP contribution in [0.4, 0.5) is 5.82 Å². The molecule has 8 heteroatoms. The summed E-state index contributed by atoms with van der Waals surface area (Å²) in [7, 11) is 0. The van der Waals surface area contributed by atoms with Crippen LogP contribution in [0.1, 0.15) is 0 Å². The Balaban J connectivity index is 1.41. The van der Waals surface area contributed by atoms with Crippen molar-refractivity contribution in [1.29, 1.82) is 0 Å². The molecule has 1 N–H and O–H groups in total. The minimum absolute atomic E-state index is 0.226. The van der Waals surface area contributed by atoms with Crippen LogP contribution in [0.15, 0.2) is 79.0 Å². The van der Waals surface area contributed by atoms with Crippen molar-refractivity contribution in [3.05, 3.63) is 83.8 Å². The average molecular weight is 445 g/mol. The smallest absolute Gasteiger partial charge is 0.204 e. The summed E-state index contributed by atoms with van der Waals surface area (Å²) in [5.41, 5.74) is 1.86. The Labute approximate surface area is 191 Å². The first-order chi connectivity index (χ1) is 15.7. The number of pyridine rings is 1. The summed E-state index contributed by atoms with van der Waals surface area (Å²) >= 11 is 5.86. The quantitative estimate of drug-likeness (QED) is 0.471. The van der Waals surface area contributed by atoms with Crippen molar-refractivity contribution in [2.45, 2.75) is 6.67 Å². The minimum atomic E-state index is 0.226. The Morgan fingerprint density at radius 2 is 1.56 bits per heavy atom. The molecule has 3 heterocycles. The fourth-order valence-corrected chi connectivity index (χ4v) is 4.25. The van der Waals surface area contributed by atoms with Gasteiger partial charge in [0.05, 0.1) is 6.67 Å². The van der Waals surface area contributed by atoms with E-state index in [2.05, 4.69) is 20.9 Å². The number of rotatable bonds is 5. The fraction of sp³-hybridized carbons (Fsp3) is 0.208. The number of hydrogen-bond acceptors (Lipinski definition) is 6. The Hall–Kier alpha value is -3.49. The van der Waals surface area contributed by atoms with E-state index in [1.54, 1.807) is 12.1 Å². The summed E-state index contributed by atoms with van der Waals surface area (Å²) < 4.78 is 4.53. The Kier molecular flexibility index (Phi) is 5.70. The first-order valence-corrected chi connectivity index (χ1v) is 11.0. The van der Waals surface area contributed by atoms with Gasteiger partial charge in [0, 0.05) is 43.6 Å². The summed E-state index contributed by atoms with van der Waals surface area (Å²) in [6, 6.07) is 23.1. The van der Waals surface area contributed by atoms with E-state index < -0.39 is 0 Å². The van der Waals surface area contributed by atoms with Crippen LogP contribution in [0.25, 0.3) is 17.1 Å². The molecule has 1 fully saturated rings. The molecule has 7 nitrogen and oxygen atoms in total. The van der Waals surface area contributed by atoms with Gasteiger partial charge >= 0.3 is 0 Å². The standard InChI is InChI=1S/C24H24N6OS/c31-21-11-9-19(10-12-21)23-26-29(24(32)30(23)20-6-2-1-3-7-20)18-27-14-16-28(17-15-27)22-8-4-5-13-25-22/h1-13,31H,14-18H2. The SMILES string of the molecule is Oc1ccc(-c2nn(CN3CCN(c4ccccn4)CC3)c(=S)n2-c2ccccc2)cc1. The van der Waals surface area contributed by atoms with Gasteiger partial charge in [-0.05, 0) is 60.7 Å². The molecule has 0 aliphatic carbocycles. The van der Waals surface area contributed by atoms with Crippen molar-refractivity contribution in [3.8, 4) is 22.8 Å². The lowest BCUT2D eigenvalue weighted by Gasteiger charge is -2.35. The van der Waals surface area contributed by atoms with Gasteiger partial charge in [0.2, 0.25) is 4.77 Å². The number of benzene rings is 2. The van der Waals surface area contributed by atoms with Crippen molar-refractivity contribution >= 4 is 18.0 Å². The number of aromatic hydroxyl groups is 1. The monoisotopic (exact) mass is 444 g/mol. The van der Waals surface area contributed by atoms with E-state index in [0.29, 0.717) is 11.4 Å². The molecule has 0 bridgehead atoms. The highest BCUT2D eigenvalue weighted by atomic mass is 32.1. The van der Waals surface area contributed by atoms with Gasteiger partial charge in [0.1, 0.15) is 11.6 Å². The maximum absolute atomic E-state index is 9.70. The molecule has 5 rings (SSSR count). The summed E-state index contributed by atoms with van der Waals surface area (Å²) in [6.07, 6.45) is 1.84. The first kappa shape index (κ1) is 20.4. The predicted molar refractivity (Wildman–Crippen MR) is 128 cm³/mol. The largest absolute Gasteiger partial charge is 0.508 e. The van der Waals surface area contributed by atoms with E-state index in [4.69, 9.17) is 17.3 Å². The molecule has 0 radical (unpaired) electrons. The fourth-order valence-electron chi connectivity index (χ4n) is 3.96. The summed E-state index contributed by atoms with van der Waals surface area (Å²) in [4.78, 5) is 9.13. The Bertz CT molecular complexity index is 1230. The molecule has 0 amide bonds. The van der Waals surface area contributed by atoms with Gasteiger partial charge in [-0.25, -0.2) is 9.67 Å². The van der Waals surface area contributed by atoms with E-state index in [1.165, 1.54) is 0 Å². The first-order valence-electron chi connectivity index (χ1n) is 10.6. The molecule has 1 aliphatic rings. The molecule has 4 aromatic rings. The van der Waals surface area contributed by atoms with Crippen molar-refractivity contribution in [3.63, 3.8) is 0 Å². The molecule has 0 atom stereocenters. The topological polar surface area (TPSA) is 62.4 Å². The van der Waals surface area contributed by atoms with E-state index in [0.717, 1.165) is 49.1 Å². The molecule has 162 valence electrons. The van der Waals surface area contributed by atoms with E-state index >= 15 is 0 Å². The molecule has 0 spiro atoms. The number of phenols is 1. The van der Waals surface area contributed by atoms with Crippen LogP contribution in [-0.4, -0.2) is 55.5 Å².